The van der Waals surface area contributed by atoms with E-state index in [4.69, 9.17) is 9.47 Å². The summed E-state index contributed by atoms with van der Waals surface area (Å²) < 4.78 is 11.0. The Hall–Kier alpha value is -2.69. The largest absolute Gasteiger partial charge is 0.508 e. The molecule has 2 aromatic carbocycles. The number of carbonyl (C=O) groups is 1. The van der Waals surface area contributed by atoms with Crippen LogP contribution in [-0.4, -0.2) is 30.2 Å². The number of aromatic hydroxyl groups is 2. The number of rotatable bonds is 8. The highest BCUT2D eigenvalue weighted by Crippen LogP contribution is 2.38. The summed E-state index contributed by atoms with van der Waals surface area (Å²) in [6, 6.07) is 7.14. The van der Waals surface area contributed by atoms with Crippen molar-refractivity contribution in [1.29, 1.82) is 0 Å². The van der Waals surface area contributed by atoms with Crippen molar-refractivity contribution in [3.63, 3.8) is 0 Å². The van der Waals surface area contributed by atoms with Crippen molar-refractivity contribution < 1.29 is 24.5 Å². The minimum atomic E-state index is -0.209. The van der Waals surface area contributed by atoms with Crippen LogP contribution in [0.4, 0.5) is 0 Å². The Labute approximate surface area is 192 Å². The van der Waals surface area contributed by atoms with Crippen molar-refractivity contribution in [2.45, 2.75) is 78.1 Å². The SMILES string of the molecule is COc1cc(C(C)(C)C)c(O)cc1CCC(=O)CCc1cc(O)c(C(C)(C)C)cc1OC. The zero-order valence-electron chi connectivity index (χ0n) is 20.8. The number of methoxy groups -OCH3 is 2. The lowest BCUT2D eigenvalue weighted by Crippen LogP contribution is -2.13. The number of hydrogen-bond acceptors (Lipinski definition) is 5. The van der Waals surface area contributed by atoms with Crippen molar-refractivity contribution in [3.05, 3.63) is 46.5 Å². The van der Waals surface area contributed by atoms with Crippen LogP contribution >= 0.6 is 0 Å². The Balaban J connectivity index is 2.09. The standard InChI is InChI=1S/C27H38O5/c1-26(2,3)20-15-24(31-7)17(13-22(20)29)9-11-19(28)12-10-18-14-23(30)21(27(4,5)6)16-25(18)32-8/h13-16,29-30H,9-12H2,1-8H3. The number of benzene rings is 2. The maximum absolute atomic E-state index is 12.6. The third kappa shape index (κ3) is 6.18. The van der Waals surface area contributed by atoms with Gasteiger partial charge in [-0.25, -0.2) is 0 Å². The Morgan fingerprint density at radius 1 is 0.719 bits per heavy atom. The van der Waals surface area contributed by atoms with E-state index in [9.17, 15) is 15.0 Å². The van der Waals surface area contributed by atoms with E-state index in [2.05, 4.69) is 0 Å². The van der Waals surface area contributed by atoms with Crippen LogP contribution in [0.1, 0.15) is 76.6 Å². The molecule has 0 saturated carbocycles. The van der Waals surface area contributed by atoms with Crippen LogP contribution < -0.4 is 9.47 Å². The summed E-state index contributed by atoms with van der Waals surface area (Å²) in [6.07, 6.45) is 1.68. The first kappa shape index (κ1) is 25.6. The fourth-order valence-corrected chi connectivity index (χ4v) is 3.87. The molecule has 0 aliphatic carbocycles. The lowest BCUT2D eigenvalue weighted by atomic mass is 9.85. The van der Waals surface area contributed by atoms with Crippen LogP contribution in [0.3, 0.4) is 0 Å². The Bertz CT molecular complexity index is 884. The summed E-state index contributed by atoms with van der Waals surface area (Å²) in [5.41, 5.74) is 2.84. The van der Waals surface area contributed by atoms with Crippen molar-refractivity contribution in [2.75, 3.05) is 14.2 Å². The van der Waals surface area contributed by atoms with E-state index in [1.54, 1.807) is 26.4 Å². The number of hydrogen-bond donors (Lipinski definition) is 2. The number of ether oxygens (including phenoxy) is 2. The lowest BCUT2D eigenvalue weighted by molar-refractivity contribution is -0.119. The summed E-state index contributed by atoms with van der Waals surface area (Å²) in [4.78, 5) is 12.6. The molecule has 0 saturated heterocycles. The van der Waals surface area contributed by atoms with E-state index in [1.807, 2.05) is 53.7 Å². The molecule has 176 valence electrons. The van der Waals surface area contributed by atoms with E-state index in [-0.39, 0.29) is 28.1 Å². The molecule has 0 aliphatic heterocycles. The second-order valence-corrected chi connectivity index (χ2v) is 10.4. The highest BCUT2D eigenvalue weighted by atomic mass is 16.5. The fraction of sp³-hybridized carbons (Fsp3) is 0.519. The summed E-state index contributed by atoms with van der Waals surface area (Å²) in [7, 11) is 3.20. The molecule has 0 aromatic heterocycles. The van der Waals surface area contributed by atoms with Crippen LogP contribution in [0.5, 0.6) is 23.0 Å². The molecule has 0 spiro atoms. The topological polar surface area (TPSA) is 76.0 Å². The third-order valence-corrected chi connectivity index (χ3v) is 5.76. The van der Waals surface area contributed by atoms with Crippen LogP contribution in [0, 0.1) is 0 Å². The van der Waals surface area contributed by atoms with Crippen molar-refractivity contribution in [2.24, 2.45) is 0 Å². The first-order chi connectivity index (χ1) is 14.8. The zero-order valence-corrected chi connectivity index (χ0v) is 20.8. The first-order valence-corrected chi connectivity index (χ1v) is 11.1. The van der Waals surface area contributed by atoms with Crippen LogP contribution in [-0.2, 0) is 28.5 Å². The molecule has 0 radical (unpaired) electrons. The van der Waals surface area contributed by atoms with Gasteiger partial charge in [0.1, 0.15) is 28.8 Å². The predicted octanol–water partition coefficient (Wildman–Crippen LogP) is 5.84. The fourth-order valence-electron chi connectivity index (χ4n) is 3.87. The van der Waals surface area contributed by atoms with Gasteiger partial charge in [0.05, 0.1) is 14.2 Å². The number of aryl methyl sites for hydroxylation is 2. The molecular weight excluding hydrogens is 404 g/mol. The lowest BCUT2D eigenvalue weighted by Gasteiger charge is -2.22. The zero-order chi connectivity index (χ0) is 24.3. The second kappa shape index (κ2) is 9.85. The maximum atomic E-state index is 12.6. The molecule has 2 N–H and O–H groups in total. The van der Waals surface area contributed by atoms with Gasteiger partial charge in [0.25, 0.3) is 0 Å². The van der Waals surface area contributed by atoms with E-state index in [0.717, 1.165) is 22.3 Å². The highest BCUT2D eigenvalue weighted by Gasteiger charge is 2.22. The first-order valence-electron chi connectivity index (χ1n) is 11.1. The molecule has 0 amide bonds. The molecule has 2 rings (SSSR count). The van der Waals surface area contributed by atoms with E-state index in [0.29, 0.717) is 37.2 Å². The molecule has 5 heteroatoms. The molecule has 0 fully saturated rings. The van der Waals surface area contributed by atoms with Crippen molar-refractivity contribution >= 4 is 5.78 Å². The van der Waals surface area contributed by atoms with Crippen LogP contribution in [0.25, 0.3) is 0 Å². The molecule has 32 heavy (non-hydrogen) atoms. The van der Waals surface area contributed by atoms with Gasteiger partial charge in [0.2, 0.25) is 0 Å². The molecule has 2 aromatic rings. The Morgan fingerprint density at radius 3 is 1.34 bits per heavy atom. The average molecular weight is 443 g/mol. The molecule has 0 bridgehead atoms. The summed E-state index contributed by atoms with van der Waals surface area (Å²) in [5, 5.41) is 20.9. The van der Waals surface area contributed by atoms with Gasteiger partial charge in [-0.1, -0.05) is 41.5 Å². The number of phenols is 2. The summed E-state index contributed by atoms with van der Waals surface area (Å²) >= 11 is 0. The monoisotopic (exact) mass is 442 g/mol. The summed E-state index contributed by atoms with van der Waals surface area (Å²) in [6.45, 7) is 12.2. The van der Waals surface area contributed by atoms with E-state index in [1.165, 1.54) is 0 Å². The van der Waals surface area contributed by atoms with Gasteiger partial charge < -0.3 is 19.7 Å². The van der Waals surface area contributed by atoms with Gasteiger partial charge in [-0.15, -0.1) is 0 Å². The number of ketones is 1. The highest BCUT2D eigenvalue weighted by molar-refractivity contribution is 5.79. The maximum Gasteiger partial charge on any atom is 0.133 e. The molecule has 0 unspecified atom stereocenters. The van der Waals surface area contributed by atoms with E-state index >= 15 is 0 Å². The molecule has 0 atom stereocenters. The smallest absolute Gasteiger partial charge is 0.133 e. The van der Waals surface area contributed by atoms with Gasteiger partial charge in [-0.3, -0.25) is 4.79 Å². The molecule has 0 heterocycles. The predicted molar refractivity (Wildman–Crippen MR) is 128 cm³/mol. The van der Waals surface area contributed by atoms with Gasteiger partial charge in [0.15, 0.2) is 0 Å². The third-order valence-electron chi connectivity index (χ3n) is 5.76. The minimum absolute atomic E-state index is 0.105. The van der Waals surface area contributed by atoms with Crippen LogP contribution in [0.15, 0.2) is 24.3 Å². The summed E-state index contributed by atoms with van der Waals surface area (Å²) in [5.74, 6) is 1.92. The van der Waals surface area contributed by atoms with Gasteiger partial charge in [-0.05, 0) is 59.1 Å². The minimum Gasteiger partial charge on any atom is -0.508 e. The van der Waals surface area contributed by atoms with E-state index < -0.39 is 0 Å². The number of Topliss-reactive ketones (excluding diaryl/α,β-unsaturated/α-hetero) is 1. The van der Waals surface area contributed by atoms with Crippen molar-refractivity contribution in [3.8, 4) is 23.0 Å². The molecular formula is C27H38O5. The molecule has 0 aliphatic rings. The van der Waals surface area contributed by atoms with Gasteiger partial charge >= 0.3 is 0 Å². The Kier molecular flexibility index (Phi) is 7.87. The average Bonchev–Trinajstić information content (AvgIpc) is 2.68. The van der Waals surface area contributed by atoms with Crippen molar-refractivity contribution in [1.82, 2.24) is 0 Å². The van der Waals surface area contributed by atoms with Crippen LogP contribution in [0.2, 0.25) is 0 Å². The number of carbonyl (C=O) groups excluding carboxylic acids is 1. The van der Waals surface area contributed by atoms with Gasteiger partial charge in [-0.2, -0.15) is 0 Å². The number of phenolic OH excluding ortho intramolecular Hbond substituents is 2. The second-order valence-electron chi connectivity index (χ2n) is 10.4. The quantitative estimate of drug-likeness (QED) is 0.537. The molecule has 5 nitrogen and oxygen atoms in total. The normalized spacial score (nSPS) is 12.0. The Morgan fingerprint density at radius 2 is 1.06 bits per heavy atom. The van der Waals surface area contributed by atoms with Gasteiger partial charge in [0, 0.05) is 24.0 Å².